The van der Waals surface area contributed by atoms with Crippen LogP contribution in [-0.2, 0) is 16.0 Å². The predicted molar refractivity (Wildman–Crippen MR) is 103 cm³/mol. The SMILES string of the molecule is CCOC(=O)c1sc(NC(=O)c2nn(CC)cc2[N+](=O)[O-])c(C(=O)OCC)c1C. The van der Waals surface area contributed by atoms with Crippen LogP contribution >= 0.6 is 11.3 Å². The monoisotopic (exact) mass is 424 g/mol. The number of carbonyl (C=O) groups is 3. The zero-order valence-electron chi connectivity index (χ0n) is 16.3. The van der Waals surface area contributed by atoms with Gasteiger partial charge < -0.3 is 14.8 Å². The van der Waals surface area contributed by atoms with Gasteiger partial charge in [0.1, 0.15) is 16.1 Å². The summed E-state index contributed by atoms with van der Waals surface area (Å²) in [5.41, 5.74) is -0.599. The van der Waals surface area contributed by atoms with E-state index >= 15 is 0 Å². The van der Waals surface area contributed by atoms with E-state index in [4.69, 9.17) is 9.47 Å². The van der Waals surface area contributed by atoms with Crippen LogP contribution in [0.4, 0.5) is 10.7 Å². The molecule has 2 aromatic rings. The van der Waals surface area contributed by atoms with Crippen molar-refractivity contribution < 1.29 is 28.8 Å². The third kappa shape index (κ3) is 4.59. The number of nitro groups is 1. The van der Waals surface area contributed by atoms with Crippen LogP contribution in [0.2, 0.25) is 0 Å². The lowest BCUT2D eigenvalue weighted by molar-refractivity contribution is -0.385. The summed E-state index contributed by atoms with van der Waals surface area (Å²) >= 11 is 0.826. The van der Waals surface area contributed by atoms with Crippen molar-refractivity contribution in [3.63, 3.8) is 0 Å². The largest absolute Gasteiger partial charge is 0.462 e. The maximum Gasteiger partial charge on any atom is 0.348 e. The van der Waals surface area contributed by atoms with Crippen LogP contribution in [0.3, 0.4) is 0 Å². The highest BCUT2D eigenvalue weighted by Gasteiger charge is 2.30. The van der Waals surface area contributed by atoms with Gasteiger partial charge in [-0.2, -0.15) is 5.10 Å². The lowest BCUT2D eigenvalue weighted by atomic mass is 10.1. The van der Waals surface area contributed by atoms with Gasteiger partial charge in [0.25, 0.3) is 5.91 Å². The Hall–Kier alpha value is -3.28. The molecular formula is C17H20N4O7S. The first-order chi connectivity index (χ1) is 13.7. The molecule has 2 heterocycles. The van der Waals surface area contributed by atoms with Crippen molar-refractivity contribution in [3.8, 4) is 0 Å². The number of ether oxygens (including phenoxy) is 2. The van der Waals surface area contributed by atoms with E-state index in [2.05, 4.69) is 10.4 Å². The number of nitrogens with zero attached hydrogens (tertiary/aromatic N) is 3. The molecule has 0 aliphatic carbocycles. The summed E-state index contributed by atoms with van der Waals surface area (Å²) in [7, 11) is 0. The Morgan fingerprint density at radius 3 is 2.38 bits per heavy atom. The Kier molecular flexibility index (Phi) is 7.04. The molecule has 0 bridgehead atoms. The summed E-state index contributed by atoms with van der Waals surface area (Å²) in [6, 6.07) is 0. The number of hydrogen-bond acceptors (Lipinski definition) is 9. The Bertz CT molecular complexity index is 963. The van der Waals surface area contributed by atoms with E-state index < -0.39 is 34.2 Å². The van der Waals surface area contributed by atoms with Crippen molar-refractivity contribution in [3.05, 3.63) is 38.0 Å². The van der Waals surface area contributed by atoms with E-state index in [0.29, 0.717) is 6.54 Å². The first-order valence-corrected chi connectivity index (χ1v) is 9.57. The number of esters is 2. The second-order valence-electron chi connectivity index (χ2n) is 5.63. The molecule has 2 rings (SSSR count). The first kappa shape index (κ1) is 22.0. The van der Waals surface area contributed by atoms with Crippen LogP contribution < -0.4 is 5.32 Å². The molecule has 156 valence electrons. The Balaban J connectivity index is 2.48. The summed E-state index contributed by atoms with van der Waals surface area (Å²) < 4.78 is 11.2. The molecule has 0 aromatic carbocycles. The Labute approximate surface area is 169 Å². The maximum absolute atomic E-state index is 12.7. The van der Waals surface area contributed by atoms with Gasteiger partial charge >= 0.3 is 17.6 Å². The van der Waals surface area contributed by atoms with E-state index in [0.717, 1.165) is 17.5 Å². The van der Waals surface area contributed by atoms with E-state index in [1.165, 1.54) is 11.6 Å². The van der Waals surface area contributed by atoms with Crippen molar-refractivity contribution in [1.82, 2.24) is 9.78 Å². The molecule has 12 heteroatoms. The maximum atomic E-state index is 12.7. The van der Waals surface area contributed by atoms with E-state index in [1.54, 1.807) is 20.8 Å². The second-order valence-corrected chi connectivity index (χ2v) is 6.65. The molecule has 0 aliphatic rings. The number of aromatic nitrogens is 2. The number of rotatable bonds is 8. The normalized spacial score (nSPS) is 10.5. The van der Waals surface area contributed by atoms with Gasteiger partial charge in [0.05, 0.1) is 23.7 Å². The van der Waals surface area contributed by atoms with E-state index in [1.807, 2.05) is 0 Å². The number of thiophene rings is 1. The van der Waals surface area contributed by atoms with Crippen molar-refractivity contribution in [2.75, 3.05) is 18.5 Å². The number of aryl methyl sites for hydroxylation is 1. The lowest BCUT2D eigenvalue weighted by Crippen LogP contribution is -2.16. The van der Waals surface area contributed by atoms with Crippen LogP contribution in [0.5, 0.6) is 0 Å². The van der Waals surface area contributed by atoms with Crippen molar-refractivity contribution in [2.24, 2.45) is 0 Å². The van der Waals surface area contributed by atoms with Gasteiger partial charge in [0, 0.05) is 6.54 Å². The minimum absolute atomic E-state index is 0.00849. The predicted octanol–water partition coefficient (Wildman–Crippen LogP) is 2.79. The van der Waals surface area contributed by atoms with E-state index in [9.17, 15) is 24.5 Å². The number of hydrogen-bond donors (Lipinski definition) is 1. The molecule has 1 amide bonds. The molecule has 0 saturated carbocycles. The summed E-state index contributed by atoms with van der Waals surface area (Å²) in [4.78, 5) is 47.8. The molecule has 0 saturated heterocycles. The van der Waals surface area contributed by atoms with Crippen molar-refractivity contribution in [1.29, 1.82) is 0 Å². The average Bonchev–Trinajstić information content (AvgIpc) is 3.23. The number of anilines is 1. The minimum Gasteiger partial charge on any atom is -0.462 e. The first-order valence-electron chi connectivity index (χ1n) is 8.75. The van der Waals surface area contributed by atoms with Crippen LogP contribution in [0.15, 0.2) is 6.20 Å². The number of nitrogens with one attached hydrogen (secondary N) is 1. The fraction of sp³-hybridized carbons (Fsp3) is 0.412. The smallest absolute Gasteiger partial charge is 0.348 e. The van der Waals surface area contributed by atoms with Crippen LogP contribution in [0.25, 0.3) is 0 Å². The average molecular weight is 424 g/mol. The quantitative estimate of drug-likeness (QED) is 0.387. The second kappa shape index (κ2) is 9.28. The zero-order valence-corrected chi connectivity index (χ0v) is 17.1. The molecule has 2 aromatic heterocycles. The summed E-state index contributed by atoms with van der Waals surface area (Å²) in [6.07, 6.45) is 1.14. The molecular weight excluding hydrogens is 404 g/mol. The van der Waals surface area contributed by atoms with Gasteiger partial charge in [-0.3, -0.25) is 19.6 Å². The fourth-order valence-corrected chi connectivity index (χ4v) is 3.56. The molecule has 0 unspecified atom stereocenters. The Morgan fingerprint density at radius 2 is 1.83 bits per heavy atom. The molecule has 11 nitrogen and oxygen atoms in total. The molecule has 0 fully saturated rings. The summed E-state index contributed by atoms with van der Waals surface area (Å²) in [6.45, 7) is 7.04. The third-order valence-electron chi connectivity index (χ3n) is 3.79. The summed E-state index contributed by atoms with van der Waals surface area (Å²) in [5, 5.41) is 17.6. The molecule has 0 atom stereocenters. The lowest BCUT2D eigenvalue weighted by Gasteiger charge is -2.06. The number of amides is 1. The molecule has 0 spiro atoms. The van der Waals surface area contributed by atoms with Crippen LogP contribution in [-0.4, -0.2) is 45.8 Å². The third-order valence-corrected chi connectivity index (χ3v) is 4.98. The van der Waals surface area contributed by atoms with Crippen LogP contribution in [0.1, 0.15) is 56.9 Å². The standard InChI is InChI=1S/C17H20N4O7S/c1-5-20-8-10(21(25)26)12(19-20)14(22)18-15-11(16(23)27-6-2)9(4)13(29-15)17(24)28-7-3/h8H,5-7H2,1-4H3,(H,18,22). The van der Waals surface area contributed by atoms with Gasteiger partial charge in [-0.1, -0.05) is 0 Å². The van der Waals surface area contributed by atoms with Gasteiger partial charge in [0.15, 0.2) is 0 Å². The molecule has 29 heavy (non-hydrogen) atoms. The topological polar surface area (TPSA) is 143 Å². The van der Waals surface area contributed by atoms with Crippen molar-refractivity contribution in [2.45, 2.75) is 34.2 Å². The molecule has 0 aliphatic heterocycles. The summed E-state index contributed by atoms with van der Waals surface area (Å²) in [5.74, 6) is -2.27. The van der Waals surface area contributed by atoms with E-state index in [-0.39, 0.29) is 34.2 Å². The number of carbonyl (C=O) groups excluding carboxylic acids is 3. The minimum atomic E-state index is -0.883. The molecule has 0 radical (unpaired) electrons. The van der Waals surface area contributed by atoms with Crippen molar-refractivity contribution >= 4 is 39.9 Å². The van der Waals surface area contributed by atoms with Gasteiger partial charge in [-0.05, 0) is 33.3 Å². The highest BCUT2D eigenvalue weighted by molar-refractivity contribution is 7.18. The highest BCUT2D eigenvalue weighted by atomic mass is 32.1. The van der Waals surface area contributed by atoms with Gasteiger partial charge in [-0.25, -0.2) is 9.59 Å². The van der Waals surface area contributed by atoms with Gasteiger partial charge in [-0.15, -0.1) is 11.3 Å². The zero-order chi connectivity index (χ0) is 21.7. The Morgan fingerprint density at radius 1 is 1.21 bits per heavy atom. The highest BCUT2D eigenvalue weighted by Crippen LogP contribution is 2.35. The van der Waals surface area contributed by atoms with Gasteiger partial charge in [0.2, 0.25) is 5.69 Å². The molecule has 1 N–H and O–H groups in total. The van der Waals surface area contributed by atoms with Crippen LogP contribution in [0, 0.1) is 17.0 Å². The fourth-order valence-electron chi connectivity index (χ4n) is 2.47.